The van der Waals surface area contributed by atoms with Crippen LogP contribution in [-0.4, -0.2) is 87.7 Å². The predicted octanol–water partition coefficient (Wildman–Crippen LogP) is 17.8. The van der Waals surface area contributed by atoms with Crippen LogP contribution in [0.3, 0.4) is 0 Å². The summed E-state index contributed by atoms with van der Waals surface area (Å²) in [5, 5.41) is 0.821. The minimum absolute atomic E-state index is 0.0484. The summed E-state index contributed by atoms with van der Waals surface area (Å²) in [6.45, 7) is 15.6. The van der Waals surface area contributed by atoms with Crippen molar-refractivity contribution >= 4 is 138 Å². The lowest BCUT2D eigenvalue weighted by Crippen LogP contribution is -2.12. The highest BCUT2D eigenvalue weighted by molar-refractivity contribution is 7.21. The minimum Gasteiger partial charge on any atom is -0.462 e. The number of hydrogen-bond acceptors (Lipinski definition) is 19. The number of ether oxygens (including phenoxy) is 4. The molecule has 0 fully saturated rings. The standard InChI is InChI=1S/C62H80N4O10S5/c1-9-17-21-25-29-43-45(31-27-23-19-11-3)49(39-67)78-47(43)37-65-57-53(61(71)75-15-7)51(59(69)73-13-5)55(80-57)63-35-41-33-34-42(77-41)36-64-56-52(60(70)74-14-6)54(62(72)76-16-8)58(81-56)66-38-48-44(30-26-22-18-10-2)46(50(40-68)79-48)32-28-24-20-12-4/h33-40H,9-32H2,1-8H3/b63-35-,64-36+,65-37+,66-38+. The Hall–Kier alpha value is -5.60. The van der Waals surface area contributed by atoms with Gasteiger partial charge < -0.3 is 18.9 Å². The summed E-state index contributed by atoms with van der Waals surface area (Å²) in [7, 11) is 0. The highest BCUT2D eigenvalue weighted by Crippen LogP contribution is 2.45. The molecule has 19 heteroatoms. The number of thiophene rings is 5. The van der Waals surface area contributed by atoms with Crippen LogP contribution in [0.4, 0.5) is 20.0 Å². The van der Waals surface area contributed by atoms with Crippen LogP contribution in [0.2, 0.25) is 0 Å². The molecule has 14 nitrogen and oxygen atoms in total. The molecule has 0 amide bonds. The van der Waals surface area contributed by atoms with Gasteiger partial charge in [-0.1, -0.05) is 127 Å². The molecular formula is C62H80N4O10S5. The second-order valence-electron chi connectivity index (χ2n) is 19.1. The maximum absolute atomic E-state index is 13.8. The van der Waals surface area contributed by atoms with Crippen LogP contribution in [0.25, 0.3) is 0 Å². The Bertz CT molecular complexity index is 2790. The topological polar surface area (TPSA) is 189 Å². The van der Waals surface area contributed by atoms with Gasteiger partial charge in [0.25, 0.3) is 0 Å². The Labute approximate surface area is 498 Å². The molecule has 5 aromatic heterocycles. The van der Waals surface area contributed by atoms with Crippen LogP contribution < -0.4 is 0 Å². The fourth-order valence-electron chi connectivity index (χ4n) is 9.22. The van der Waals surface area contributed by atoms with Crippen molar-refractivity contribution in [1.29, 1.82) is 0 Å². The van der Waals surface area contributed by atoms with Gasteiger partial charge in [0.05, 0.1) is 36.2 Å². The Morgan fingerprint density at radius 2 is 0.630 bits per heavy atom. The molecule has 5 rings (SSSR count). The van der Waals surface area contributed by atoms with Crippen LogP contribution in [0.1, 0.15) is 261 Å². The summed E-state index contributed by atoms with van der Waals surface area (Å²) < 4.78 is 22.0. The first-order valence-electron chi connectivity index (χ1n) is 28.9. The van der Waals surface area contributed by atoms with Crippen molar-refractivity contribution in [3.05, 3.63) is 85.9 Å². The van der Waals surface area contributed by atoms with Crippen LogP contribution in [0, 0.1) is 0 Å². The van der Waals surface area contributed by atoms with Crippen molar-refractivity contribution in [2.24, 2.45) is 20.0 Å². The number of hydrogen-bond donors (Lipinski definition) is 0. The second-order valence-corrected chi connectivity index (χ2v) is 24.4. The van der Waals surface area contributed by atoms with Crippen molar-refractivity contribution in [3.63, 3.8) is 0 Å². The van der Waals surface area contributed by atoms with Crippen molar-refractivity contribution in [1.82, 2.24) is 0 Å². The number of unbranched alkanes of at least 4 members (excludes halogenated alkanes) is 12. The smallest absolute Gasteiger partial charge is 0.342 e. The predicted molar refractivity (Wildman–Crippen MR) is 337 cm³/mol. The van der Waals surface area contributed by atoms with E-state index in [0.29, 0.717) is 19.5 Å². The molecule has 0 aromatic carbocycles. The Balaban J connectivity index is 1.55. The van der Waals surface area contributed by atoms with Gasteiger partial charge in [0.15, 0.2) is 12.6 Å². The number of aldehydes is 2. The van der Waals surface area contributed by atoms with E-state index >= 15 is 0 Å². The fraction of sp³-hybridized carbons (Fsp3) is 0.516. The van der Waals surface area contributed by atoms with Gasteiger partial charge in [0.1, 0.15) is 42.3 Å². The highest BCUT2D eigenvalue weighted by Gasteiger charge is 2.32. The molecular weight excluding hydrogens is 1120 g/mol. The van der Waals surface area contributed by atoms with E-state index < -0.39 is 23.9 Å². The zero-order chi connectivity index (χ0) is 58.5. The molecule has 0 atom stereocenters. The van der Waals surface area contributed by atoms with Gasteiger partial charge in [-0.3, -0.25) is 9.59 Å². The van der Waals surface area contributed by atoms with E-state index in [2.05, 4.69) is 27.7 Å². The van der Waals surface area contributed by atoms with Crippen LogP contribution >= 0.6 is 56.7 Å². The van der Waals surface area contributed by atoms with Crippen molar-refractivity contribution in [2.75, 3.05) is 26.4 Å². The van der Waals surface area contributed by atoms with E-state index in [9.17, 15) is 28.8 Å². The van der Waals surface area contributed by atoms with E-state index in [1.807, 2.05) is 12.1 Å². The minimum atomic E-state index is -0.750. The largest absolute Gasteiger partial charge is 0.462 e. The van der Waals surface area contributed by atoms with Crippen LogP contribution in [-0.2, 0) is 44.6 Å². The first-order valence-corrected chi connectivity index (χ1v) is 33.0. The summed E-state index contributed by atoms with van der Waals surface area (Å²) in [6.07, 6.45) is 28.7. The van der Waals surface area contributed by atoms with Gasteiger partial charge in [0, 0.05) is 44.4 Å². The number of carbonyl (C=O) groups excluding carboxylic acids is 6. The highest BCUT2D eigenvalue weighted by atomic mass is 32.1. The quantitative estimate of drug-likeness (QED) is 0.0121. The third kappa shape index (κ3) is 19.0. The van der Waals surface area contributed by atoms with Gasteiger partial charge >= 0.3 is 23.9 Å². The molecule has 0 aliphatic carbocycles. The summed E-state index contributed by atoms with van der Waals surface area (Å²) in [5.41, 5.74) is 4.11. The molecule has 5 aromatic rings. The Kier molecular flexibility index (Phi) is 29.5. The molecule has 0 unspecified atom stereocenters. The molecule has 0 aliphatic rings. The van der Waals surface area contributed by atoms with E-state index in [4.69, 9.17) is 38.9 Å². The Morgan fingerprint density at radius 3 is 0.889 bits per heavy atom. The molecule has 81 heavy (non-hydrogen) atoms. The first-order chi connectivity index (χ1) is 39.5. The van der Waals surface area contributed by atoms with Gasteiger partial charge in [-0.25, -0.2) is 39.1 Å². The van der Waals surface area contributed by atoms with Crippen LogP contribution in [0.5, 0.6) is 0 Å². The van der Waals surface area contributed by atoms with E-state index in [1.54, 1.807) is 52.6 Å². The number of rotatable bonds is 38. The second kappa shape index (κ2) is 36.1. The number of aliphatic imine (C=N–C) groups is 4. The summed E-state index contributed by atoms with van der Waals surface area (Å²) in [5.74, 6) is -2.98. The lowest BCUT2D eigenvalue weighted by atomic mass is 9.97. The average molecular weight is 1200 g/mol. The fourth-order valence-corrected chi connectivity index (χ4v) is 14.1. The summed E-state index contributed by atoms with van der Waals surface area (Å²) in [6, 6.07) is 3.63. The monoisotopic (exact) mass is 1200 g/mol. The van der Waals surface area contributed by atoms with E-state index in [-0.39, 0.29) is 68.7 Å². The molecule has 438 valence electrons. The molecule has 0 radical (unpaired) electrons. The zero-order valence-corrected chi connectivity index (χ0v) is 52.6. The SMILES string of the molecule is CCCCCCc1c(C=O)sc(/C=N/c2sc(/N=C\c3ccc(/C=N/c4sc(/N=C/c5sc(C=O)c(CCCCCC)c5CCCCCC)c(C(=O)OCC)c4C(=O)OCC)s3)c(C(=O)OCC)c2C(=O)OCC)c1CCCCCC. The van der Waals surface area contributed by atoms with E-state index in [1.165, 1.54) is 34.0 Å². The maximum atomic E-state index is 13.8. The number of carbonyl (C=O) groups is 6. The number of nitrogens with zero attached hydrogens (tertiary/aromatic N) is 4. The third-order valence-electron chi connectivity index (χ3n) is 13.2. The molecule has 0 aliphatic heterocycles. The van der Waals surface area contributed by atoms with Crippen molar-refractivity contribution < 1.29 is 47.7 Å². The van der Waals surface area contributed by atoms with Crippen molar-refractivity contribution in [3.8, 4) is 0 Å². The summed E-state index contributed by atoms with van der Waals surface area (Å²) in [4.78, 5) is 104. The average Bonchev–Trinajstić information content (AvgIpc) is 4.34. The van der Waals surface area contributed by atoms with Gasteiger partial charge in [-0.05, 0) is 113 Å². The molecule has 0 saturated carbocycles. The molecule has 5 heterocycles. The lowest BCUT2D eigenvalue weighted by molar-refractivity contribution is 0.0481. The molecule has 0 saturated heterocycles. The van der Waals surface area contributed by atoms with Gasteiger partial charge in [-0.15, -0.1) is 34.0 Å². The summed E-state index contributed by atoms with van der Waals surface area (Å²) >= 11 is 6.22. The zero-order valence-electron chi connectivity index (χ0n) is 48.5. The third-order valence-corrected chi connectivity index (χ3v) is 18.5. The Morgan fingerprint density at radius 1 is 0.358 bits per heavy atom. The first kappa shape index (κ1) is 66.2. The number of esters is 4. The van der Waals surface area contributed by atoms with E-state index in [0.717, 1.165) is 196 Å². The molecule has 0 bridgehead atoms. The van der Waals surface area contributed by atoms with Gasteiger partial charge in [-0.2, -0.15) is 0 Å². The molecule has 0 spiro atoms. The molecule has 0 N–H and O–H groups in total. The normalized spacial score (nSPS) is 11.8. The van der Waals surface area contributed by atoms with Crippen molar-refractivity contribution in [2.45, 2.75) is 184 Å². The lowest BCUT2D eigenvalue weighted by Gasteiger charge is -2.07. The maximum Gasteiger partial charge on any atom is 0.342 e. The van der Waals surface area contributed by atoms with Crippen LogP contribution in [0.15, 0.2) is 32.1 Å². The van der Waals surface area contributed by atoms with Gasteiger partial charge in [0.2, 0.25) is 0 Å².